The molecule has 1 atom stereocenters. The minimum atomic E-state index is 0.273. The summed E-state index contributed by atoms with van der Waals surface area (Å²) in [6.45, 7) is 0. The van der Waals surface area contributed by atoms with Gasteiger partial charge in [-0.15, -0.1) is 11.3 Å². The highest BCUT2D eigenvalue weighted by molar-refractivity contribution is 14.1. The second-order valence-electron chi connectivity index (χ2n) is 5.56. The molecule has 0 amide bonds. The molecule has 0 spiro atoms. The van der Waals surface area contributed by atoms with Crippen molar-refractivity contribution in [2.45, 2.75) is 18.9 Å². The smallest absolute Gasteiger partial charge is 0.0656 e. The number of nitrogens with one attached hydrogen (secondary N) is 1. The maximum atomic E-state index is 3.50. The summed E-state index contributed by atoms with van der Waals surface area (Å²) in [6, 6.07) is 14.0. The van der Waals surface area contributed by atoms with Gasteiger partial charge in [0.25, 0.3) is 0 Å². The molecule has 0 bridgehead atoms. The highest BCUT2D eigenvalue weighted by Crippen LogP contribution is 2.37. The quantitative estimate of drug-likeness (QED) is 0.611. The van der Waals surface area contributed by atoms with Crippen molar-refractivity contribution in [3.05, 3.63) is 66.9 Å². The number of hydrogen-bond acceptors (Lipinski definition) is 2. The van der Waals surface area contributed by atoms with Crippen LogP contribution in [0.3, 0.4) is 0 Å². The van der Waals surface area contributed by atoms with Crippen molar-refractivity contribution in [1.29, 1.82) is 0 Å². The standard InChI is InChI=1S/C18H16INS/c1-20-18(13-9-16(19)21-10-13)15-8-7-12-6-5-11-3-2-4-14(15)17(11)12/h2-4,7-10,18,20H,5-6H2,1H3. The van der Waals surface area contributed by atoms with E-state index in [9.17, 15) is 0 Å². The molecule has 2 aromatic carbocycles. The van der Waals surface area contributed by atoms with E-state index in [1.165, 1.54) is 48.8 Å². The summed E-state index contributed by atoms with van der Waals surface area (Å²) in [5.41, 5.74) is 5.79. The zero-order valence-electron chi connectivity index (χ0n) is 11.8. The minimum Gasteiger partial charge on any atom is -0.309 e. The van der Waals surface area contributed by atoms with E-state index in [0.717, 1.165) is 0 Å². The Bertz CT molecular complexity index is 811. The van der Waals surface area contributed by atoms with E-state index >= 15 is 0 Å². The summed E-state index contributed by atoms with van der Waals surface area (Å²) in [4.78, 5) is 0. The normalized spacial score (nSPS) is 14.8. The number of halogens is 1. The van der Waals surface area contributed by atoms with Gasteiger partial charge in [-0.25, -0.2) is 0 Å². The molecule has 0 aliphatic heterocycles. The molecule has 1 aromatic heterocycles. The van der Waals surface area contributed by atoms with E-state index in [2.05, 4.69) is 76.7 Å². The highest BCUT2D eigenvalue weighted by Gasteiger charge is 2.20. The Hall–Kier alpha value is -0.910. The van der Waals surface area contributed by atoms with E-state index in [0.29, 0.717) is 0 Å². The van der Waals surface area contributed by atoms with Gasteiger partial charge < -0.3 is 5.32 Å². The van der Waals surface area contributed by atoms with Crippen molar-refractivity contribution >= 4 is 44.7 Å². The van der Waals surface area contributed by atoms with Crippen LogP contribution in [0.25, 0.3) is 10.8 Å². The Morgan fingerprint density at radius 2 is 1.95 bits per heavy atom. The van der Waals surface area contributed by atoms with Crippen LogP contribution in [0, 0.1) is 2.88 Å². The Morgan fingerprint density at radius 1 is 1.14 bits per heavy atom. The molecule has 21 heavy (non-hydrogen) atoms. The van der Waals surface area contributed by atoms with E-state index < -0.39 is 0 Å². The van der Waals surface area contributed by atoms with Gasteiger partial charge in [-0.2, -0.15) is 0 Å². The fraction of sp³-hybridized carbons (Fsp3) is 0.222. The Balaban J connectivity index is 1.94. The first-order valence-corrected chi connectivity index (χ1v) is 9.18. The highest BCUT2D eigenvalue weighted by atomic mass is 127. The number of benzene rings is 2. The van der Waals surface area contributed by atoms with Crippen LogP contribution in [-0.2, 0) is 12.8 Å². The Kier molecular flexibility index (Phi) is 3.52. The topological polar surface area (TPSA) is 12.0 Å². The molecule has 1 unspecified atom stereocenters. The molecule has 106 valence electrons. The van der Waals surface area contributed by atoms with Gasteiger partial charge in [0.15, 0.2) is 0 Å². The predicted octanol–water partition coefficient (Wildman–Crippen LogP) is 4.91. The van der Waals surface area contributed by atoms with Crippen LogP contribution in [0.2, 0.25) is 0 Å². The van der Waals surface area contributed by atoms with Crippen molar-refractivity contribution in [2.24, 2.45) is 0 Å². The third-order valence-electron chi connectivity index (χ3n) is 4.43. The maximum Gasteiger partial charge on any atom is 0.0656 e. The number of rotatable bonds is 3. The SMILES string of the molecule is CNC(c1csc(I)c1)c1ccc2c3c(cccc13)CC2. The first-order chi connectivity index (χ1) is 10.3. The molecule has 1 N–H and O–H groups in total. The molecule has 3 aromatic rings. The summed E-state index contributed by atoms with van der Waals surface area (Å²) in [5.74, 6) is 0. The first-order valence-electron chi connectivity index (χ1n) is 7.22. The summed E-state index contributed by atoms with van der Waals surface area (Å²) >= 11 is 4.21. The third kappa shape index (κ3) is 2.22. The molecule has 4 rings (SSSR count). The maximum absolute atomic E-state index is 3.50. The molecule has 0 radical (unpaired) electrons. The molecule has 1 heterocycles. The first kappa shape index (κ1) is 13.7. The van der Waals surface area contributed by atoms with Crippen LogP contribution in [0.15, 0.2) is 41.8 Å². The fourth-order valence-corrected chi connectivity index (χ4v) is 4.90. The van der Waals surface area contributed by atoms with E-state index in [1.807, 2.05) is 11.3 Å². The second-order valence-corrected chi connectivity index (χ2v) is 8.36. The van der Waals surface area contributed by atoms with Crippen LogP contribution in [-0.4, -0.2) is 7.05 Å². The largest absolute Gasteiger partial charge is 0.309 e. The lowest BCUT2D eigenvalue weighted by atomic mass is 9.93. The number of hydrogen-bond donors (Lipinski definition) is 1. The minimum absolute atomic E-state index is 0.273. The molecular weight excluding hydrogens is 389 g/mol. The van der Waals surface area contributed by atoms with Gasteiger partial charge >= 0.3 is 0 Å². The van der Waals surface area contributed by atoms with Gasteiger partial charge in [-0.3, -0.25) is 0 Å². The Morgan fingerprint density at radius 3 is 2.67 bits per heavy atom. The van der Waals surface area contributed by atoms with Crippen LogP contribution in [0.5, 0.6) is 0 Å². The van der Waals surface area contributed by atoms with Crippen LogP contribution < -0.4 is 5.32 Å². The fourth-order valence-electron chi connectivity index (χ4n) is 3.50. The lowest BCUT2D eigenvalue weighted by Gasteiger charge is -2.19. The Labute approximate surface area is 142 Å². The van der Waals surface area contributed by atoms with Gasteiger partial charge in [0, 0.05) is 0 Å². The van der Waals surface area contributed by atoms with Gasteiger partial charge in [0.2, 0.25) is 0 Å². The lowest BCUT2D eigenvalue weighted by molar-refractivity contribution is 0.699. The number of aryl methyl sites for hydroxylation is 2. The van der Waals surface area contributed by atoms with E-state index in [-0.39, 0.29) is 6.04 Å². The van der Waals surface area contributed by atoms with Crippen molar-refractivity contribution in [2.75, 3.05) is 7.05 Å². The van der Waals surface area contributed by atoms with Crippen LogP contribution in [0.1, 0.15) is 28.3 Å². The van der Waals surface area contributed by atoms with Crippen molar-refractivity contribution < 1.29 is 0 Å². The molecule has 1 nitrogen and oxygen atoms in total. The third-order valence-corrected chi connectivity index (χ3v) is 6.24. The number of thiophene rings is 1. The monoisotopic (exact) mass is 405 g/mol. The molecule has 1 aliphatic carbocycles. The van der Waals surface area contributed by atoms with Gasteiger partial charge in [-0.1, -0.05) is 30.3 Å². The average Bonchev–Trinajstić information content (AvgIpc) is 3.10. The van der Waals surface area contributed by atoms with Crippen LogP contribution in [0.4, 0.5) is 0 Å². The van der Waals surface area contributed by atoms with E-state index in [4.69, 9.17) is 0 Å². The zero-order valence-corrected chi connectivity index (χ0v) is 14.8. The summed E-state index contributed by atoms with van der Waals surface area (Å²) < 4.78 is 1.34. The molecule has 0 saturated carbocycles. The molecular formula is C18H16INS. The van der Waals surface area contributed by atoms with Gasteiger partial charge in [0.1, 0.15) is 0 Å². The average molecular weight is 405 g/mol. The van der Waals surface area contributed by atoms with Gasteiger partial charge in [0.05, 0.1) is 8.93 Å². The zero-order chi connectivity index (χ0) is 14.4. The molecule has 3 heteroatoms. The van der Waals surface area contributed by atoms with Gasteiger partial charge in [-0.05, 0) is 87.0 Å². The lowest BCUT2D eigenvalue weighted by Crippen LogP contribution is -2.17. The predicted molar refractivity (Wildman–Crippen MR) is 99.3 cm³/mol. The van der Waals surface area contributed by atoms with Crippen molar-refractivity contribution in [3.63, 3.8) is 0 Å². The molecule has 1 aliphatic rings. The molecule has 0 saturated heterocycles. The summed E-state index contributed by atoms with van der Waals surface area (Å²) in [5, 5.41) is 8.69. The van der Waals surface area contributed by atoms with E-state index in [1.54, 1.807) is 0 Å². The van der Waals surface area contributed by atoms with Crippen molar-refractivity contribution in [3.8, 4) is 0 Å². The second kappa shape index (κ2) is 5.38. The summed E-state index contributed by atoms with van der Waals surface area (Å²) in [6.07, 6.45) is 2.38. The van der Waals surface area contributed by atoms with Crippen LogP contribution >= 0.6 is 33.9 Å². The molecule has 0 fully saturated rings. The van der Waals surface area contributed by atoms with Crippen molar-refractivity contribution in [1.82, 2.24) is 5.32 Å². The summed E-state index contributed by atoms with van der Waals surface area (Å²) in [7, 11) is 2.05.